The van der Waals surface area contributed by atoms with Gasteiger partial charge in [-0.15, -0.1) is 0 Å². The summed E-state index contributed by atoms with van der Waals surface area (Å²) in [6.45, 7) is 5.99. The molecule has 0 aromatic heterocycles. The third-order valence-electron chi connectivity index (χ3n) is 2.51. The molecule has 0 radical (unpaired) electrons. The molecule has 1 aromatic rings. The number of hydrogen-bond donors (Lipinski definition) is 0. The first-order valence-electron chi connectivity index (χ1n) is 5.00. The van der Waals surface area contributed by atoms with Crippen LogP contribution in [0.1, 0.15) is 0 Å². The monoisotopic (exact) mass is 209 g/mol. The molecule has 0 bridgehead atoms. The summed E-state index contributed by atoms with van der Waals surface area (Å²) in [4.78, 5) is 2.40. The molecule has 0 spiro atoms. The van der Waals surface area contributed by atoms with E-state index in [1.807, 2.05) is 0 Å². The maximum Gasteiger partial charge on any atom is 0.0642 e. The van der Waals surface area contributed by atoms with Crippen molar-refractivity contribution in [2.24, 2.45) is 0 Å². The fourth-order valence-corrected chi connectivity index (χ4v) is 2.23. The summed E-state index contributed by atoms with van der Waals surface area (Å²) >= 11 is 0. The minimum atomic E-state index is 0.860. The highest BCUT2D eigenvalue weighted by Gasteiger charge is 2.10. The second-order valence-corrected chi connectivity index (χ2v) is 4.48. The Balaban J connectivity index is 2.13. The van der Waals surface area contributed by atoms with Crippen LogP contribution >= 0.6 is 8.58 Å². The van der Waals surface area contributed by atoms with Gasteiger partial charge in [0.15, 0.2) is 0 Å². The molecule has 2 rings (SSSR count). The van der Waals surface area contributed by atoms with Crippen molar-refractivity contribution in [1.82, 2.24) is 0 Å². The number of ether oxygens (including phenoxy) is 1. The minimum absolute atomic E-state index is 0.860. The van der Waals surface area contributed by atoms with Crippen LogP contribution in [0.3, 0.4) is 0 Å². The zero-order chi connectivity index (χ0) is 9.80. The fraction of sp³-hybridized carbons (Fsp3) is 0.455. The molecule has 1 heterocycles. The van der Waals surface area contributed by atoms with E-state index in [1.54, 1.807) is 0 Å². The van der Waals surface area contributed by atoms with Crippen LogP contribution in [0.2, 0.25) is 0 Å². The lowest BCUT2D eigenvalue weighted by atomic mass is 10.2. The predicted molar refractivity (Wildman–Crippen MR) is 63.3 cm³/mol. The van der Waals surface area contributed by atoms with Crippen molar-refractivity contribution in [2.75, 3.05) is 37.9 Å². The molecular formula is C11H16NOP. The Morgan fingerprint density at radius 1 is 1.29 bits per heavy atom. The first kappa shape index (κ1) is 9.95. The van der Waals surface area contributed by atoms with Crippen LogP contribution in [0.15, 0.2) is 24.3 Å². The summed E-state index contributed by atoms with van der Waals surface area (Å²) in [6, 6.07) is 8.83. The molecule has 1 aliphatic rings. The van der Waals surface area contributed by atoms with Crippen molar-refractivity contribution >= 4 is 19.6 Å². The van der Waals surface area contributed by atoms with E-state index >= 15 is 0 Å². The third-order valence-corrected chi connectivity index (χ3v) is 3.40. The van der Waals surface area contributed by atoms with Gasteiger partial charge in [-0.05, 0) is 24.1 Å². The lowest BCUT2D eigenvalue weighted by molar-refractivity contribution is 0.122. The molecule has 1 saturated heterocycles. The zero-order valence-electron chi connectivity index (χ0n) is 8.49. The van der Waals surface area contributed by atoms with Gasteiger partial charge in [-0.25, -0.2) is 0 Å². The van der Waals surface area contributed by atoms with Gasteiger partial charge < -0.3 is 9.64 Å². The predicted octanol–water partition coefficient (Wildman–Crippen LogP) is 1.46. The van der Waals surface area contributed by atoms with E-state index in [-0.39, 0.29) is 0 Å². The number of rotatable bonds is 2. The Bertz CT molecular complexity index is 297. The van der Waals surface area contributed by atoms with E-state index in [0.717, 1.165) is 34.9 Å². The van der Waals surface area contributed by atoms with E-state index in [4.69, 9.17) is 4.74 Å². The van der Waals surface area contributed by atoms with Crippen LogP contribution in [0.5, 0.6) is 0 Å². The number of hydrogen-bond acceptors (Lipinski definition) is 2. The smallest absolute Gasteiger partial charge is 0.0642 e. The maximum absolute atomic E-state index is 5.34. The largest absolute Gasteiger partial charge is 0.378 e. The van der Waals surface area contributed by atoms with Gasteiger partial charge in [-0.3, -0.25) is 0 Å². The summed E-state index contributed by atoms with van der Waals surface area (Å²) < 4.78 is 5.34. The molecule has 1 aromatic carbocycles. The van der Waals surface area contributed by atoms with Crippen molar-refractivity contribution in [3.8, 4) is 0 Å². The van der Waals surface area contributed by atoms with E-state index in [9.17, 15) is 0 Å². The van der Waals surface area contributed by atoms with Gasteiger partial charge in [0.05, 0.1) is 13.2 Å². The van der Waals surface area contributed by atoms with E-state index in [1.165, 1.54) is 11.0 Å². The Morgan fingerprint density at radius 2 is 2.07 bits per heavy atom. The topological polar surface area (TPSA) is 12.5 Å². The quantitative estimate of drug-likeness (QED) is 0.684. The van der Waals surface area contributed by atoms with Crippen molar-refractivity contribution in [3.05, 3.63) is 24.3 Å². The first-order chi connectivity index (χ1) is 6.90. The van der Waals surface area contributed by atoms with E-state index in [0.29, 0.717) is 0 Å². The Morgan fingerprint density at radius 3 is 2.79 bits per heavy atom. The van der Waals surface area contributed by atoms with Crippen LogP contribution in [0.4, 0.5) is 5.69 Å². The van der Waals surface area contributed by atoms with Gasteiger partial charge >= 0.3 is 0 Å². The van der Waals surface area contributed by atoms with Gasteiger partial charge in [0.1, 0.15) is 0 Å². The molecule has 0 amide bonds. The first-order valence-corrected chi connectivity index (χ1v) is 6.50. The Kier molecular flexibility index (Phi) is 3.39. The van der Waals surface area contributed by atoms with Crippen LogP contribution < -0.4 is 10.2 Å². The normalized spacial score (nSPS) is 17.9. The maximum atomic E-state index is 5.34. The molecule has 0 saturated carbocycles. The molecule has 1 unspecified atom stereocenters. The van der Waals surface area contributed by atoms with Crippen molar-refractivity contribution in [2.45, 2.75) is 0 Å². The lowest BCUT2D eigenvalue weighted by Gasteiger charge is -2.29. The highest BCUT2D eigenvalue weighted by atomic mass is 31.1. The third kappa shape index (κ3) is 2.26. The average molecular weight is 209 g/mol. The van der Waals surface area contributed by atoms with Crippen molar-refractivity contribution in [1.29, 1.82) is 0 Å². The second kappa shape index (κ2) is 4.77. The molecule has 0 aliphatic carbocycles. The summed E-state index contributed by atoms with van der Waals surface area (Å²) in [5, 5.41) is 1.44. The number of morpholine rings is 1. The summed E-state index contributed by atoms with van der Waals surface area (Å²) in [6.07, 6.45) is 0. The lowest BCUT2D eigenvalue weighted by Crippen LogP contribution is -2.36. The SMILES string of the molecule is CPc1cccc(N2CCOCC2)c1. The summed E-state index contributed by atoms with van der Waals surface area (Å²) in [7, 11) is 0.883. The van der Waals surface area contributed by atoms with Crippen LogP contribution in [-0.2, 0) is 4.74 Å². The molecule has 3 heteroatoms. The Labute approximate surface area is 87.0 Å². The molecule has 1 atom stereocenters. The number of anilines is 1. The summed E-state index contributed by atoms with van der Waals surface area (Å²) in [5.41, 5.74) is 1.35. The minimum Gasteiger partial charge on any atom is -0.378 e. The molecule has 14 heavy (non-hydrogen) atoms. The molecule has 1 fully saturated rings. The summed E-state index contributed by atoms with van der Waals surface area (Å²) in [5.74, 6) is 0. The van der Waals surface area contributed by atoms with Crippen LogP contribution in [-0.4, -0.2) is 33.0 Å². The molecule has 2 nitrogen and oxygen atoms in total. The van der Waals surface area contributed by atoms with Gasteiger partial charge in [-0.2, -0.15) is 0 Å². The zero-order valence-corrected chi connectivity index (χ0v) is 9.49. The van der Waals surface area contributed by atoms with Gasteiger partial charge in [-0.1, -0.05) is 20.7 Å². The van der Waals surface area contributed by atoms with Gasteiger partial charge in [0, 0.05) is 18.8 Å². The van der Waals surface area contributed by atoms with Crippen LogP contribution in [0, 0.1) is 0 Å². The standard InChI is InChI=1S/C11H16NOP/c1-14-11-4-2-3-10(9-11)12-5-7-13-8-6-12/h2-4,9,14H,5-8H2,1H3. The average Bonchev–Trinajstić information content (AvgIpc) is 2.30. The molecular weight excluding hydrogens is 193 g/mol. The van der Waals surface area contributed by atoms with Crippen LogP contribution in [0.25, 0.3) is 0 Å². The van der Waals surface area contributed by atoms with Gasteiger partial charge in [0.2, 0.25) is 0 Å². The Hall–Kier alpha value is -0.590. The molecule has 76 valence electrons. The molecule has 0 N–H and O–H groups in total. The molecule has 1 aliphatic heterocycles. The van der Waals surface area contributed by atoms with Crippen molar-refractivity contribution in [3.63, 3.8) is 0 Å². The number of nitrogens with zero attached hydrogens (tertiary/aromatic N) is 1. The van der Waals surface area contributed by atoms with E-state index < -0.39 is 0 Å². The highest BCUT2D eigenvalue weighted by molar-refractivity contribution is 7.46. The number of benzene rings is 1. The van der Waals surface area contributed by atoms with E-state index in [2.05, 4.69) is 35.8 Å². The van der Waals surface area contributed by atoms with Crippen molar-refractivity contribution < 1.29 is 4.74 Å². The van der Waals surface area contributed by atoms with Gasteiger partial charge in [0.25, 0.3) is 0 Å². The highest BCUT2D eigenvalue weighted by Crippen LogP contribution is 2.16. The fourth-order valence-electron chi connectivity index (χ4n) is 1.68. The second-order valence-electron chi connectivity index (χ2n) is 3.40.